The third kappa shape index (κ3) is 3.84. The molecule has 9 heteroatoms. The van der Waals surface area contributed by atoms with Crippen LogP contribution in [0.25, 0.3) is 21.7 Å². The number of fused-ring (bicyclic) bond motifs is 2. The summed E-state index contributed by atoms with van der Waals surface area (Å²) in [5.74, 6) is -0.0663. The maximum Gasteiger partial charge on any atom is 0.257 e. The lowest BCUT2D eigenvalue weighted by molar-refractivity contribution is 0.102. The average molecular weight is 473 g/mol. The summed E-state index contributed by atoms with van der Waals surface area (Å²) in [5.41, 5.74) is 8.44. The number of halogens is 2. The van der Waals surface area contributed by atoms with Crippen LogP contribution in [0.1, 0.15) is 15.9 Å². The first-order valence-corrected chi connectivity index (χ1v) is 10.7. The van der Waals surface area contributed by atoms with Gasteiger partial charge in [0, 0.05) is 27.4 Å². The van der Waals surface area contributed by atoms with E-state index < -0.39 is 5.82 Å². The molecule has 168 valence electrons. The summed E-state index contributed by atoms with van der Waals surface area (Å²) < 4.78 is 14.3. The molecule has 2 aromatic heterocycles. The monoisotopic (exact) mass is 472 g/mol. The number of nitrogen functional groups attached to an aromatic ring is 1. The minimum absolute atomic E-state index is 0.201. The fourth-order valence-corrected chi connectivity index (χ4v) is 3.99. The van der Waals surface area contributed by atoms with Crippen LogP contribution in [-0.2, 0) is 0 Å². The molecule has 0 saturated carbocycles. The van der Waals surface area contributed by atoms with Crippen LogP contribution >= 0.6 is 11.6 Å². The molecule has 34 heavy (non-hydrogen) atoms. The highest BCUT2D eigenvalue weighted by molar-refractivity contribution is 6.30. The Hall–Kier alpha value is -4.30. The lowest BCUT2D eigenvalue weighted by Gasteiger charge is -2.15. The van der Waals surface area contributed by atoms with Gasteiger partial charge in [0.25, 0.3) is 5.91 Å². The Balaban J connectivity index is 1.57. The first-order valence-electron chi connectivity index (χ1n) is 10.3. The van der Waals surface area contributed by atoms with Crippen molar-refractivity contribution in [3.05, 3.63) is 89.1 Å². The van der Waals surface area contributed by atoms with Gasteiger partial charge in [0.05, 0.1) is 22.5 Å². The van der Waals surface area contributed by atoms with Crippen molar-refractivity contribution in [1.29, 1.82) is 0 Å². The summed E-state index contributed by atoms with van der Waals surface area (Å²) in [6, 6.07) is 14.9. The summed E-state index contributed by atoms with van der Waals surface area (Å²) in [6.07, 6.45) is 2.92. The lowest BCUT2D eigenvalue weighted by Crippen LogP contribution is -2.14. The molecular formula is C25H18ClFN6O. The zero-order valence-corrected chi connectivity index (χ0v) is 18.7. The first kappa shape index (κ1) is 21.5. The van der Waals surface area contributed by atoms with Crippen molar-refractivity contribution >= 4 is 62.2 Å². The highest BCUT2D eigenvalue weighted by atomic mass is 35.5. The lowest BCUT2D eigenvalue weighted by atomic mass is 10.0. The topological polar surface area (TPSA) is 106 Å². The van der Waals surface area contributed by atoms with Gasteiger partial charge in [-0.3, -0.25) is 4.79 Å². The molecule has 0 spiro atoms. The van der Waals surface area contributed by atoms with Crippen LogP contribution in [-0.4, -0.2) is 20.9 Å². The van der Waals surface area contributed by atoms with Crippen LogP contribution in [0.4, 0.5) is 27.4 Å². The van der Waals surface area contributed by atoms with Crippen molar-refractivity contribution in [2.24, 2.45) is 0 Å². The number of hydrogen-bond donors (Lipinski definition) is 3. The second kappa shape index (κ2) is 8.57. The van der Waals surface area contributed by atoms with Gasteiger partial charge in [-0.15, -0.1) is 0 Å². The second-order valence-electron chi connectivity index (χ2n) is 7.68. The van der Waals surface area contributed by atoms with Crippen LogP contribution < -0.4 is 16.4 Å². The molecule has 0 atom stereocenters. The number of amides is 1. The molecule has 0 unspecified atom stereocenters. The molecule has 5 aromatic rings. The van der Waals surface area contributed by atoms with Crippen molar-refractivity contribution < 1.29 is 9.18 Å². The molecule has 0 fully saturated rings. The number of aromatic nitrogens is 3. The van der Waals surface area contributed by atoms with E-state index in [9.17, 15) is 9.18 Å². The number of nitrogens with two attached hydrogens (primary N) is 1. The number of carbonyl (C=O) groups is 1. The van der Waals surface area contributed by atoms with Gasteiger partial charge in [-0.2, -0.15) is 0 Å². The van der Waals surface area contributed by atoms with Gasteiger partial charge >= 0.3 is 0 Å². The number of para-hydroxylation sites is 1. The molecule has 1 amide bonds. The number of hydrogen-bond acceptors (Lipinski definition) is 6. The van der Waals surface area contributed by atoms with E-state index in [1.807, 2.05) is 19.1 Å². The smallest absolute Gasteiger partial charge is 0.257 e. The van der Waals surface area contributed by atoms with Crippen molar-refractivity contribution in [3.63, 3.8) is 0 Å². The highest BCUT2D eigenvalue weighted by Gasteiger charge is 2.17. The average Bonchev–Trinajstić information content (AvgIpc) is 2.83. The Morgan fingerprint density at radius 1 is 1.00 bits per heavy atom. The SMILES string of the molecule is Cc1ccc2c(Nc3cc(Cl)ccc3F)nccc2c1NC(=O)c1cccc2c(N)ncnc12. The standard InChI is InChI=1S/C25H18ClFN6O/c1-13-5-7-16-15(9-10-29-24(16)32-20-11-14(26)6-8-19(20)27)21(13)33-25(34)18-4-2-3-17-22(18)30-12-31-23(17)28/h2-12H,1H3,(H,29,32)(H,33,34)(H2,28,30,31). The Labute approximate surface area is 198 Å². The van der Waals surface area contributed by atoms with E-state index in [2.05, 4.69) is 25.6 Å². The summed E-state index contributed by atoms with van der Waals surface area (Å²) in [5, 5.41) is 8.44. The first-order chi connectivity index (χ1) is 16.4. The van der Waals surface area contributed by atoms with Gasteiger partial charge < -0.3 is 16.4 Å². The number of aryl methyl sites for hydroxylation is 1. The van der Waals surface area contributed by atoms with E-state index in [1.165, 1.54) is 24.5 Å². The summed E-state index contributed by atoms with van der Waals surface area (Å²) >= 11 is 6.02. The number of nitrogens with zero attached hydrogens (tertiary/aromatic N) is 3. The predicted octanol–water partition coefficient (Wildman–Crippen LogP) is 5.86. The van der Waals surface area contributed by atoms with E-state index >= 15 is 0 Å². The molecule has 7 nitrogen and oxygen atoms in total. The summed E-state index contributed by atoms with van der Waals surface area (Å²) in [4.78, 5) is 25.9. The Bertz CT molecular complexity index is 1590. The zero-order chi connectivity index (χ0) is 23.8. The van der Waals surface area contributed by atoms with Gasteiger partial charge in [-0.1, -0.05) is 29.8 Å². The molecule has 0 aliphatic heterocycles. The van der Waals surface area contributed by atoms with E-state index in [0.29, 0.717) is 44.2 Å². The molecule has 0 aliphatic rings. The number of benzene rings is 3. The van der Waals surface area contributed by atoms with Crippen molar-refractivity contribution in [2.75, 3.05) is 16.4 Å². The molecular weight excluding hydrogens is 455 g/mol. The second-order valence-corrected chi connectivity index (χ2v) is 8.11. The minimum Gasteiger partial charge on any atom is -0.383 e. The van der Waals surface area contributed by atoms with Gasteiger partial charge in [-0.05, 0) is 48.9 Å². The van der Waals surface area contributed by atoms with Crippen molar-refractivity contribution in [3.8, 4) is 0 Å². The number of nitrogens with one attached hydrogen (secondary N) is 2. The largest absolute Gasteiger partial charge is 0.383 e. The molecule has 3 aromatic carbocycles. The van der Waals surface area contributed by atoms with E-state index in [4.69, 9.17) is 17.3 Å². The molecule has 0 radical (unpaired) electrons. The van der Waals surface area contributed by atoms with Gasteiger partial charge in [-0.25, -0.2) is 19.3 Å². The normalized spacial score (nSPS) is 11.0. The number of pyridine rings is 1. The highest BCUT2D eigenvalue weighted by Crippen LogP contribution is 2.33. The predicted molar refractivity (Wildman–Crippen MR) is 133 cm³/mol. The fraction of sp³-hybridized carbons (Fsp3) is 0.0400. The van der Waals surface area contributed by atoms with Gasteiger partial charge in [0.15, 0.2) is 0 Å². The molecule has 0 bridgehead atoms. The number of carbonyl (C=O) groups excluding carboxylic acids is 1. The minimum atomic E-state index is -0.457. The third-order valence-corrected chi connectivity index (χ3v) is 5.75. The molecule has 4 N–H and O–H groups in total. The fourth-order valence-electron chi connectivity index (χ4n) is 3.82. The molecule has 0 saturated heterocycles. The maximum absolute atomic E-state index is 14.3. The van der Waals surface area contributed by atoms with Crippen LogP contribution in [0.15, 0.2) is 67.1 Å². The number of anilines is 4. The van der Waals surface area contributed by atoms with Crippen LogP contribution in [0.2, 0.25) is 5.02 Å². The number of rotatable bonds is 4. The van der Waals surface area contributed by atoms with E-state index in [0.717, 1.165) is 10.9 Å². The van der Waals surface area contributed by atoms with E-state index in [1.54, 1.807) is 30.5 Å². The summed E-state index contributed by atoms with van der Waals surface area (Å²) in [7, 11) is 0. The van der Waals surface area contributed by atoms with Crippen molar-refractivity contribution in [1.82, 2.24) is 15.0 Å². The molecule has 2 heterocycles. The zero-order valence-electron chi connectivity index (χ0n) is 17.9. The van der Waals surface area contributed by atoms with Crippen LogP contribution in [0, 0.1) is 12.7 Å². The van der Waals surface area contributed by atoms with Gasteiger partial charge in [0.1, 0.15) is 23.8 Å². The Kier molecular flexibility index (Phi) is 5.43. The quantitative estimate of drug-likeness (QED) is 0.302. The van der Waals surface area contributed by atoms with Crippen molar-refractivity contribution in [2.45, 2.75) is 6.92 Å². The maximum atomic E-state index is 14.3. The third-order valence-electron chi connectivity index (χ3n) is 5.51. The Morgan fingerprint density at radius 2 is 1.85 bits per heavy atom. The molecule has 5 rings (SSSR count). The molecule has 0 aliphatic carbocycles. The van der Waals surface area contributed by atoms with E-state index in [-0.39, 0.29) is 11.6 Å². The summed E-state index contributed by atoms with van der Waals surface area (Å²) in [6.45, 7) is 1.89. The van der Waals surface area contributed by atoms with Gasteiger partial charge in [0.2, 0.25) is 0 Å². The van der Waals surface area contributed by atoms with Crippen LogP contribution in [0.5, 0.6) is 0 Å². The Morgan fingerprint density at radius 3 is 2.71 bits per heavy atom. The van der Waals surface area contributed by atoms with Crippen LogP contribution in [0.3, 0.4) is 0 Å².